The second-order valence-corrected chi connectivity index (χ2v) is 4.23. The zero-order chi connectivity index (χ0) is 10.8. The fraction of sp³-hybridized carbons (Fsp3) is 0.0769. The molecule has 2 rings (SSSR count). The maximum atomic E-state index is 6.15. The van der Waals surface area contributed by atoms with E-state index in [-0.39, 0.29) is 0 Å². The van der Waals surface area contributed by atoms with E-state index in [0.29, 0.717) is 5.02 Å². The summed E-state index contributed by atoms with van der Waals surface area (Å²) in [6.45, 7) is 1.97. The van der Waals surface area contributed by atoms with Crippen LogP contribution in [0.1, 0.15) is 5.56 Å². The Kier molecular flexibility index (Phi) is 2.99. The molecular formula is C13H9Cl2. The lowest BCUT2D eigenvalue weighted by atomic mass is 10.0. The van der Waals surface area contributed by atoms with Crippen molar-refractivity contribution in [1.82, 2.24) is 0 Å². The standard InChI is InChI=1S/C13H9Cl2/c1-9-5-6-12(13(15)7-9)10-3-2-4-11(14)8-10/h2-4,6-8H,1H3. The maximum Gasteiger partial charge on any atom is 0.0487 e. The quantitative estimate of drug-likeness (QED) is 0.669. The van der Waals surface area contributed by atoms with E-state index in [2.05, 4.69) is 6.07 Å². The zero-order valence-corrected chi connectivity index (χ0v) is 9.73. The van der Waals surface area contributed by atoms with E-state index < -0.39 is 0 Å². The molecule has 0 aliphatic rings. The summed E-state index contributed by atoms with van der Waals surface area (Å²) >= 11 is 12.1. The second-order valence-electron chi connectivity index (χ2n) is 3.39. The fourth-order valence-corrected chi connectivity index (χ4v) is 1.96. The normalized spacial score (nSPS) is 10.3. The summed E-state index contributed by atoms with van der Waals surface area (Å²) < 4.78 is 0. The molecule has 75 valence electrons. The monoisotopic (exact) mass is 235 g/mol. The molecule has 0 aliphatic heterocycles. The number of rotatable bonds is 1. The lowest BCUT2D eigenvalue weighted by Crippen LogP contribution is -1.81. The van der Waals surface area contributed by atoms with Gasteiger partial charge in [-0.15, -0.1) is 0 Å². The third-order valence-corrected chi connectivity index (χ3v) is 2.73. The predicted octanol–water partition coefficient (Wildman–Crippen LogP) is 4.77. The Bertz CT molecular complexity index is 490. The van der Waals surface area contributed by atoms with Gasteiger partial charge in [-0.3, -0.25) is 0 Å². The van der Waals surface area contributed by atoms with Crippen LogP contribution in [0.2, 0.25) is 10.0 Å². The maximum absolute atomic E-state index is 6.15. The molecule has 0 saturated heterocycles. The Morgan fingerprint density at radius 2 is 1.93 bits per heavy atom. The Morgan fingerprint density at radius 1 is 1.13 bits per heavy atom. The van der Waals surface area contributed by atoms with E-state index in [4.69, 9.17) is 23.2 Å². The van der Waals surface area contributed by atoms with E-state index in [9.17, 15) is 0 Å². The summed E-state index contributed by atoms with van der Waals surface area (Å²) in [5.74, 6) is 0. The van der Waals surface area contributed by atoms with Crippen LogP contribution in [0, 0.1) is 13.0 Å². The number of hydrogen-bond acceptors (Lipinski definition) is 0. The molecule has 0 fully saturated rings. The van der Waals surface area contributed by atoms with Crippen LogP contribution in [0.5, 0.6) is 0 Å². The van der Waals surface area contributed by atoms with E-state index in [1.165, 1.54) is 0 Å². The number of aryl methyl sites for hydroxylation is 1. The predicted molar refractivity (Wildman–Crippen MR) is 65.5 cm³/mol. The Morgan fingerprint density at radius 3 is 2.60 bits per heavy atom. The van der Waals surface area contributed by atoms with Gasteiger partial charge in [-0.05, 0) is 48.4 Å². The smallest absolute Gasteiger partial charge is 0.0487 e. The van der Waals surface area contributed by atoms with Crippen molar-refractivity contribution >= 4 is 23.2 Å². The van der Waals surface area contributed by atoms with E-state index in [0.717, 1.165) is 21.7 Å². The van der Waals surface area contributed by atoms with Gasteiger partial charge in [0.1, 0.15) is 0 Å². The van der Waals surface area contributed by atoms with Crippen molar-refractivity contribution in [1.29, 1.82) is 0 Å². The average Bonchev–Trinajstić information content (AvgIpc) is 2.17. The SMILES string of the molecule is Cc1[c]cc(-c2cccc(Cl)c2)c(Cl)c1. The molecule has 0 amide bonds. The van der Waals surface area contributed by atoms with Crippen LogP contribution in [0.25, 0.3) is 11.1 Å². The molecule has 1 radical (unpaired) electrons. The highest BCUT2D eigenvalue weighted by molar-refractivity contribution is 6.33. The van der Waals surface area contributed by atoms with Gasteiger partial charge in [0, 0.05) is 15.6 Å². The van der Waals surface area contributed by atoms with Crippen LogP contribution in [0.3, 0.4) is 0 Å². The highest BCUT2D eigenvalue weighted by Gasteiger charge is 2.03. The molecule has 0 spiro atoms. The summed E-state index contributed by atoms with van der Waals surface area (Å²) in [5.41, 5.74) is 3.01. The van der Waals surface area contributed by atoms with Gasteiger partial charge in [-0.25, -0.2) is 0 Å². The molecule has 0 aliphatic carbocycles. The summed E-state index contributed by atoms with van der Waals surface area (Å²) in [5, 5.41) is 1.44. The van der Waals surface area contributed by atoms with Crippen molar-refractivity contribution in [2.75, 3.05) is 0 Å². The van der Waals surface area contributed by atoms with Crippen molar-refractivity contribution in [3.63, 3.8) is 0 Å². The van der Waals surface area contributed by atoms with Gasteiger partial charge in [0.25, 0.3) is 0 Å². The average molecular weight is 236 g/mol. The van der Waals surface area contributed by atoms with Crippen molar-refractivity contribution in [3.05, 3.63) is 58.1 Å². The molecule has 2 heteroatoms. The van der Waals surface area contributed by atoms with E-state index >= 15 is 0 Å². The van der Waals surface area contributed by atoms with E-state index in [1.54, 1.807) is 0 Å². The van der Waals surface area contributed by atoms with E-state index in [1.807, 2.05) is 43.3 Å². The third kappa shape index (κ3) is 2.34. The largest absolute Gasteiger partial charge is 0.0843 e. The van der Waals surface area contributed by atoms with Crippen molar-refractivity contribution in [2.45, 2.75) is 6.92 Å². The molecule has 0 bridgehead atoms. The highest BCUT2D eigenvalue weighted by atomic mass is 35.5. The molecule has 0 aromatic heterocycles. The van der Waals surface area contributed by atoms with Gasteiger partial charge in [-0.2, -0.15) is 0 Å². The molecule has 0 saturated carbocycles. The van der Waals surface area contributed by atoms with Gasteiger partial charge < -0.3 is 0 Å². The van der Waals surface area contributed by atoms with Crippen LogP contribution in [0.4, 0.5) is 0 Å². The fourth-order valence-electron chi connectivity index (χ4n) is 1.44. The lowest BCUT2D eigenvalue weighted by Gasteiger charge is -2.05. The Balaban J connectivity index is 2.54. The molecule has 0 atom stereocenters. The first-order valence-corrected chi connectivity index (χ1v) is 5.36. The minimum absolute atomic E-state index is 0.712. The molecule has 15 heavy (non-hydrogen) atoms. The number of benzene rings is 2. The molecule has 2 aromatic rings. The molecule has 2 aromatic carbocycles. The molecule has 0 unspecified atom stereocenters. The second kappa shape index (κ2) is 4.26. The van der Waals surface area contributed by atoms with Gasteiger partial charge in [0.2, 0.25) is 0 Å². The zero-order valence-electron chi connectivity index (χ0n) is 8.22. The Labute approximate surface area is 99.5 Å². The minimum Gasteiger partial charge on any atom is -0.0843 e. The first-order chi connectivity index (χ1) is 7.16. The van der Waals surface area contributed by atoms with Gasteiger partial charge in [0.05, 0.1) is 0 Å². The van der Waals surface area contributed by atoms with Crippen LogP contribution < -0.4 is 0 Å². The summed E-state index contributed by atoms with van der Waals surface area (Å²) in [4.78, 5) is 0. The van der Waals surface area contributed by atoms with Crippen molar-refractivity contribution < 1.29 is 0 Å². The first-order valence-electron chi connectivity index (χ1n) is 4.60. The topological polar surface area (TPSA) is 0 Å². The van der Waals surface area contributed by atoms with Crippen LogP contribution in [-0.4, -0.2) is 0 Å². The molecule has 0 N–H and O–H groups in total. The van der Waals surface area contributed by atoms with Gasteiger partial charge in [0.15, 0.2) is 0 Å². The molecular weight excluding hydrogens is 227 g/mol. The molecule has 0 heterocycles. The lowest BCUT2D eigenvalue weighted by molar-refractivity contribution is 1.46. The summed E-state index contributed by atoms with van der Waals surface area (Å²) in [6, 6.07) is 14.6. The summed E-state index contributed by atoms with van der Waals surface area (Å²) in [7, 11) is 0. The van der Waals surface area contributed by atoms with Crippen molar-refractivity contribution in [2.24, 2.45) is 0 Å². The molecule has 0 nitrogen and oxygen atoms in total. The van der Waals surface area contributed by atoms with Crippen molar-refractivity contribution in [3.8, 4) is 11.1 Å². The third-order valence-electron chi connectivity index (χ3n) is 2.18. The first kappa shape index (κ1) is 10.5. The Hall–Kier alpha value is -0.980. The van der Waals surface area contributed by atoms with Crippen LogP contribution >= 0.6 is 23.2 Å². The number of halogens is 2. The van der Waals surface area contributed by atoms with Crippen LogP contribution in [0.15, 0.2) is 36.4 Å². The van der Waals surface area contributed by atoms with Gasteiger partial charge >= 0.3 is 0 Å². The number of hydrogen-bond donors (Lipinski definition) is 0. The summed E-state index contributed by atoms with van der Waals surface area (Å²) in [6.07, 6.45) is 0. The minimum atomic E-state index is 0.712. The van der Waals surface area contributed by atoms with Crippen LogP contribution in [-0.2, 0) is 0 Å². The highest BCUT2D eigenvalue weighted by Crippen LogP contribution is 2.29. The van der Waals surface area contributed by atoms with Gasteiger partial charge in [-0.1, -0.05) is 35.3 Å².